The molecule has 25 heavy (non-hydrogen) atoms. The molecule has 0 radical (unpaired) electrons. The molecule has 1 amide bonds. The quantitative estimate of drug-likeness (QED) is 0.726. The first-order valence-electron chi connectivity index (χ1n) is 7.63. The van der Waals surface area contributed by atoms with Gasteiger partial charge in [0.1, 0.15) is 5.82 Å². The molecule has 0 aliphatic rings. The van der Waals surface area contributed by atoms with E-state index >= 15 is 0 Å². The zero-order chi connectivity index (χ0) is 18.0. The Bertz CT molecular complexity index is 934. The highest BCUT2D eigenvalue weighted by molar-refractivity contribution is 6.30. The van der Waals surface area contributed by atoms with Gasteiger partial charge in [0.25, 0.3) is 5.91 Å². The van der Waals surface area contributed by atoms with Crippen LogP contribution in [0.4, 0.5) is 5.82 Å². The van der Waals surface area contributed by atoms with Crippen LogP contribution >= 0.6 is 11.6 Å². The first-order valence-corrected chi connectivity index (χ1v) is 8.01. The number of nitrogens with one attached hydrogen (secondary N) is 1. The molecule has 1 atom stereocenters. The Hall–Kier alpha value is -2.86. The normalized spacial score (nSPS) is 12.0. The van der Waals surface area contributed by atoms with E-state index in [0.29, 0.717) is 16.4 Å². The second-order valence-electron chi connectivity index (χ2n) is 5.57. The van der Waals surface area contributed by atoms with E-state index in [2.05, 4.69) is 10.3 Å². The molecule has 7 heteroatoms. The number of carbonyl (C=O) groups is 2. The van der Waals surface area contributed by atoms with Crippen molar-refractivity contribution in [3.05, 3.63) is 59.4 Å². The summed E-state index contributed by atoms with van der Waals surface area (Å²) in [7, 11) is 1.85. The Morgan fingerprint density at radius 1 is 1.24 bits per heavy atom. The Morgan fingerprint density at radius 3 is 2.72 bits per heavy atom. The number of nitrogens with zero attached hydrogens (tertiary/aromatic N) is 2. The Kier molecular flexibility index (Phi) is 4.72. The van der Waals surface area contributed by atoms with E-state index in [9.17, 15) is 9.59 Å². The zero-order valence-corrected chi connectivity index (χ0v) is 14.4. The van der Waals surface area contributed by atoms with E-state index in [4.69, 9.17) is 16.3 Å². The summed E-state index contributed by atoms with van der Waals surface area (Å²) in [6, 6.07) is 10.7. The fraction of sp³-hybridized carbons (Fsp3) is 0.167. The van der Waals surface area contributed by atoms with Gasteiger partial charge in [-0.05, 0) is 25.1 Å². The van der Waals surface area contributed by atoms with Crippen molar-refractivity contribution in [1.29, 1.82) is 0 Å². The number of amides is 1. The van der Waals surface area contributed by atoms with Crippen LogP contribution in [0.2, 0.25) is 5.02 Å². The fourth-order valence-electron chi connectivity index (χ4n) is 2.46. The van der Waals surface area contributed by atoms with Crippen molar-refractivity contribution in [3.63, 3.8) is 0 Å². The van der Waals surface area contributed by atoms with Gasteiger partial charge >= 0.3 is 5.97 Å². The Labute approximate surface area is 149 Å². The lowest BCUT2D eigenvalue weighted by molar-refractivity contribution is -0.123. The predicted molar refractivity (Wildman–Crippen MR) is 95.7 cm³/mol. The molecule has 1 aromatic carbocycles. The van der Waals surface area contributed by atoms with Crippen molar-refractivity contribution in [2.24, 2.45) is 7.05 Å². The second kappa shape index (κ2) is 6.94. The van der Waals surface area contributed by atoms with Gasteiger partial charge in [-0.3, -0.25) is 4.79 Å². The number of aromatic nitrogens is 2. The van der Waals surface area contributed by atoms with Crippen molar-refractivity contribution in [2.45, 2.75) is 13.0 Å². The lowest BCUT2D eigenvalue weighted by Crippen LogP contribution is -2.30. The van der Waals surface area contributed by atoms with Gasteiger partial charge in [-0.25, -0.2) is 9.78 Å². The minimum absolute atomic E-state index is 0.336. The van der Waals surface area contributed by atoms with Crippen molar-refractivity contribution in [1.82, 2.24) is 9.55 Å². The lowest BCUT2D eigenvalue weighted by atomic mass is 10.2. The van der Waals surface area contributed by atoms with Crippen LogP contribution in [0.1, 0.15) is 17.3 Å². The average Bonchev–Trinajstić information content (AvgIpc) is 2.94. The van der Waals surface area contributed by atoms with Crippen LogP contribution in [0.3, 0.4) is 0 Å². The number of halogens is 1. The summed E-state index contributed by atoms with van der Waals surface area (Å²) in [5.41, 5.74) is 1.33. The summed E-state index contributed by atoms with van der Waals surface area (Å²) in [5.74, 6) is -0.686. The molecular weight excluding hydrogens is 342 g/mol. The highest BCUT2D eigenvalue weighted by Gasteiger charge is 2.22. The number of hydrogen-bond donors (Lipinski definition) is 1. The maximum Gasteiger partial charge on any atom is 0.341 e. The number of ether oxygens (including phenoxy) is 1. The monoisotopic (exact) mass is 357 g/mol. The van der Waals surface area contributed by atoms with E-state index in [-0.39, 0.29) is 0 Å². The van der Waals surface area contributed by atoms with Gasteiger partial charge in [-0.15, -0.1) is 0 Å². The minimum Gasteiger partial charge on any atom is -0.449 e. The van der Waals surface area contributed by atoms with Crippen molar-refractivity contribution in [3.8, 4) is 0 Å². The molecule has 0 spiro atoms. The van der Waals surface area contributed by atoms with Crippen LogP contribution in [0.5, 0.6) is 0 Å². The van der Waals surface area contributed by atoms with Gasteiger partial charge in [-0.2, -0.15) is 0 Å². The van der Waals surface area contributed by atoms with Crippen LogP contribution < -0.4 is 5.32 Å². The zero-order valence-electron chi connectivity index (χ0n) is 13.7. The van der Waals surface area contributed by atoms with E-state index in [0.717, 1.165) is 10.9 Å². The summed E-state index contributed by atoms with van der Waals surface area (Å²) in [6.45, 7) is 1.51. The average molecular weight is 358 g/mol. The van der Waals surface area contributed by atoms with Crippen LogP contribution in [0, 0.1) is 0 Å². The number of rotatable bonds is 4. The number of aryl methyl sites for hydroxylation is 1. The number of hydrogen-bond acceptors (Lipinski definition) is 4. The third kappa shape index (κ3) is 3.64. The molecule has 3 rings (SSSR count). The fourth-order valence-corrected chi connectivity index (χ4v) is 2.57. The number of pyridine rings is 1. The van der Waals surface area contributed by atoms with Gasteiger partial charge in [0, 0.05) is 30.3 Å². The van der Waals surface area contributed by atoms with Crippen molar-refractivity contribution < 1.29 is 14.3 Å². The first-order chi connectivity index (χ1) is 12.0. The van der Waals surface area contributed by atoms with Gasteiger partial charge in [0.15, 0.2) is 6.10 Å². The molecule has 2 heterocycles. The number of fused-ring (bicyclic) bond motifs is 1. The molecule has 6 nitrogen and oxygen atoms in total. The third-order valence-electron chi connectivity index (χ3n) is 3.75. The highest BCUT2D eigenvalue weighted by Crippen LogP contribution is 2.21. The SMILES string of the molecule is C[C@@H](OC(=O)c1cn(C)c2ccccc12)C(=O)Nc1ccc(Cl)cn1. The molecule has 0 bridgehead atoms. The van der Waals surface area contributed by atoms with Crippen LogP contribution in [-0.4, -0.2) is 27.5 Å². The van der Waals surface area contributed by atoms with Crippen LogP contribution in [-0.2, 0) is 16.6 Å². The molecule has 0 saturated heterocycles. The standard InChI is InChI=1S/C18H16ClN3O3/c1-11(17(23)21-16-8-7-12(19)9-20-16)25-18(24)14-10-22(2)15-6-4-3-5-13(14)15/h3-11H,1-2H3,(H,20,21,23)/t11-/m1/s1. The van der Waals surface area contributed by atoms with Crippen molar-refractivity contribution in [2.75, 3.05) is 5.32 Å². The van der Waals surface area contributed by atoms with Gasteiger partial charge < -0.3 is 14.6 Å². The van der Waals surface area contributed by atoms with E-state index in [1.807, 2.05) is 35.9 Å². The summed E-state index contributed by atoms with van der Waals surface area (Å²) in [5, 5.41) is 3.82. The molecule has 1 N–H and O–H groups in total. The maximum atomic E-state index is 12.4. The smallest absolute Gasteiger partial charge is 0.341 e. The molecule has 3 aromatic rings. The second-order valence-corrected chi connectivity index (χ2v) is 6.01. The molecular formula is C18H16ClN3O3. The number of anilines is 1. The lowest BCUT2D eigenvalue weighted by Gasteiger charge is -2.12. The van der Waals surface area contributed by atoms with E-state index < -0.39 is 18.0 Å². The number of para-hydroxylation sites is 1. The molecule has 0 fully saturated rings. The number of esters is 1. The first kappa shape index (κ1) is 17.0. The molecule has 0 saturated carbocycles. The molecule has 0 unspecified atom stereocenters. The number of carbonyl (C=O) groups excluding carboxylic acids is 2. The van der Waals surface area contributed by atoms with E-state index in [1.165, 1.54) is 13.1 Å². The van der Waals surface area contributed by atoms with Crippen molar-refractivity contribution >= 4 is 40.2 Å². The Balaban J connectivity index is 1.71. The highest BCUT2D eigenvalue weighted by atomic mass is 35.5. The van der Waals surface area contributed by atoms with E-state index in [1.54, 1.807) is 18.3 Å². The Morgan fingerprint density at radius 2 is 2.00 bits per heavy atom. The molecule has 128 valence electrons. The topological polar surface area (TPSA) is 73.2 Å². The summed E-state index contributed by atoms with van der Waals surface area (Å²) < 4.78 is 7.14. The van der Waals surface area contributed by atoms with Gasteiger partial charge in [-0.1, -0.05) is 29.8 Å². The minimum atomic E-state index is -0.969. The summed E-state index contributed by atoms with van der Waals surface area (Å²) in [4.78, 5) is 28.6. The van der Waals surface area contributed by atoms with Crippen LogP contribution in [0.25, 0.3) is 10.9 Å². The van der Waals surface area contributed by atoms with Gasteiger partial charge in [0.2, 0.25) is 0 Å². The molecule has 0 aliphatic heterocycles. The third-order valence-corrected chi connectivity index (χ3v) is 3.97. The van der Waals surface area contributed by atoms with Crippen LogP contribution in [0.15, 0.2) is 48.8 Å². The van der Waals surface area contributed by atoms with Gasteiger partial charge in [0.05, 0.1) is 10.6 Å². The predicted octanol–water partition coefficient (Wildman–Crippen LogP) is 3.41. The molecule has 2 aromatic heterocycles. The largest absolute Gasteiger partial charge is 0.449 e. The molecule has 0 aliphatic carbocycles. The number of benzene rings is 1. The summed E-state index contributed by atoms with van der Waals surface area (Å²) >= 11 is 5.75. The maximum absolute atomic E-state index is 12.4. The summed E-state index contributed by atoms with van der Waals surface area (Å²) in [6.07, 6.45) is 2.14.